The predicted molar refractivity (Wildman–Crippen MR) is 32.1 cm³/mol. The fraction of sp³-hybridized carbons (Fsp3) is 0.667. The minimum Gasteiger partial charge on any atom is -0.247 e. The second-order valence-electron chi connectivity index (χ2n) is 0.723. The summed E-state index contributed by atoms with van der Waals surface area (Å²) in [4.78, 5) is 0. The van der Waals surface area contributed by atoms with E-state index in [-0.39, 0.29) is 6.67 Å². The lowest BCUT2D eigenvalue weighted by Crippen LogP contribution is -1.53. The third kappa shape index (κ3) is 27.4. The molecule has 0 fully saturated rings. The average molecular weight is 104 g/mol. The maximum absolute atomic E-state index is 10.9. The third-order valence-corrected chi connectivity index (χ3v) is 0.325. The number of rotatable bonds is 1. The Labute approximate surface area is 45.0 Å². The number of alkyl halides is 1. The van der Waals surface area contributed by atoms with Crippen molar-refractivity contribution < 1.29 is 4.39 Å². The van der Waals surface area contributed by atoms with Gasteiger partial charge in [-0.25, -0.2) is 4.39 Å². The van der Waals surface area contributed by atoms with Crippen LogP contribution >= 0.6 is 0 Å². The van der Waals surface area contributed by atoms with Crippen LogP contribution in [0.3, 0.4) is 0 Å². The Kier molecular flexibility index (Phi) is 24.4. The summed E-state index contributed by atoms with van der Waals surface area (Å²) in [7, 11) is 0. The molecule has 0 rings (SSSR count). The fourth-order valence-corrected chi connectivity index (χ4v) is 0.0891. The molecule has 44 valence electrons. The largest absolute Gasteiger partial charge is 0.247 e. The van der Waals surface area contributed by atoms with Crippen LogP contribution in [0.4, 0.5) is 4.39 Å². The fourth-order valence-electron chi connectivity index (χ4n) is 0.0891. The van der Waals surface area contributed by atoms with Gasteiger partial charge in [0.1, 0.15) is 6.67 Å². The van der Waals surface area contributed by atoms with Crippen molar-refractivity contribution >= 4 is 0 Å². The predicted octanol–water partition coefficient (Wildman–Crippen LogP) is 2.56. The molecule has 0 radical (unpaired) electrons. The van der Waals surface area contributed by atoms with Crippen molar-refractivity contribution in [3.8, 4) is 0 Å². The molecule has 0 aliphatic rings. The molecule has 0 amide bonds. The summed E-state index contributed by atoms with van der Waals surface area (Å²) in [6, 6.07) is 0. The van der Waals surface area contributed by atoms with Crippen LogP contribution in [-0.4, -0.2) is 6.67 Å². The Morgan fingerprint density at radius 2 is 1.86 bits per heavy atom. The normalized spacial score (nSPS) is 8.00. The zero-order chi connectivity index (χ0) is 6.12. The van der Waals surface area contributed by atoms with Crippen molar-refractivity contribution in [2.45, 2.75) is 20.8 Å². The first-order valence-corrected chi connectivity index (χ1v) is 2.59. The van der Waals surface area contributed by atoms with Gasteiger partial charge in [-0.15, -0.1) is 0 Å². The molecular weight excluding hydrogens is 91.1 g/mol. The van der Waals surface area contributed by atoms with Crippen LogP contribution < -0.4 is 0 Å². The van der Waals surface area contributed by atoms with Gasteiger partial charge in [-0.2, -0.15) is 0 Å². The highest BCUT2D eigenvalue weighted by molar-refractivity contribution is 4.74. The van der Waals surface area contributed by atoms with Gasteiger partial charge >= 0.3 is 0 Å². The van der Waals surface area contributed by atoms with Gasteiger partial charge in [-0.3, -0.25) is 0 Å². The summed E-state index contributed by atoms with van der Waals surface area (Å²) in [5, 5.41) is 0. The molecule has 1 heteroatoms. The van der Waals surface area contributed by atoms with E-state index in [0.717, 1.165) is 0 Å². The van der Waals surface area contributed by atoms with Gasteiger partial charge in [0.25, 0.3) is 0 Å². The SMILES string of the molecule is C/C=C\CF.CC. The third-order valence-electron chi connectivity index (χ3n) is 0.325. The number of allylic oxidation sites excluding steroid dienone is 2. The van der Waals surface area contributed by atoms with Gasteiger partial charge in [0.05, 0.1) is 0 Å². The lowest BCUT2D eigenvalue weighted by molar-refractivity contribution is 0.561. The van der Waals surface area contributed by atoms with E-state index in [4.69, 9.17) is 0 Å². The van der Waals surface area contributed by atoms with E-state index in [1.54, 1.807) is 13.0 Å². The van der Waals surface area contributed by atoms with Crippen molar-refractivity contribution in [1.82, 2.24) is 0 Å². The van der Waals surface area contributed by atoms with Gasteiger partial charge in [-0.1, -0.05) is 26.0 Å². The van der Waals surface area contributed by atoms with Crippen LogP contribution in [0.5, 0.6) is 0 Å². The highest BCUT2D eigenvalue weighted by Crippen LogP contribution is 1.67. The topological polar surface area (TPSA) is 0 Å². The second-order valence-corrected chi connectivity index (χ2v) is 0.723. The van der Waals surface area contributed by atoms with Crippen LogP contribution in [-0.2, 0) is 0 Å². The van der Waals surface area contributed by atoms with E-state index >= 15 is 0 Å². The highest BCUT2D eigenvalue weighted by Gasteiger charge is 1.56. The summed E-state index contributed by atoms with van der Waals surface area (Å²) < 4.78 is 10.9. The van der Waals surface area contributed by atoms with E-state index in [2.05, 4.69) is 0 Å². The van der Waals surface area contributed by atoms with Gasteiger partial charge < -0.3 is 0 Å². The van der Waals surface area contributed by atoms with Crippen molar-refractivity contribution in [2.24, 2.45) is 0 Å². The zero-order valence-electron chi connectivity index (χ0n) is 5.24. The van der Waals surface area contributed by atoms with Crippen LogP contribution in [0.15, 0.2) is 12.2 Å². The Morgan fingerprint density at radius 3 is 1.86 bits per heavy atom. The molecule has 0 aliphatic heterocycles. The molecule has 0 aromatic carbocycles. The molecule has 0 heterocycles. The summed E-state index contributed by atoms with van der Waals surface area (Å²) >= 11 is 0. The first-order chi connectivity index (χ1) is 3.41. The summed E-state index contributed by atoms with van der Waals surface area (Å²) in [6.45, 7) is 5.45. The van der Waals surface area contributed by atoms with Crippen LogP contribution in [0.2, 0.25) is 0 Å². The molecule has 0 aromatic rings. The standard InChI is InChI=1S/C4H7F.C2H6/c1-2-3-4-5;1-2/h2-3H,4H2,1H3;1-2H3/b3-2-;. The van der Waals surface area contributed by atoms with E-state index in [9.17, 15) is 4.39 Å². The number of hydrogen-bond donors (Lipinski definition) is 0. The van der Waals surface area contributed by atoms with Gasteiger partial charge in [0.2, 0.25) is 0 Å². The molecule has 0 nitrogen and oxygen atoms in total. The molecular formula is C6H13F. The van der Waals surface area contributed by atoms with Crippen molar-refractivity contribution in [3.05, 3.63) is 12.2 Å². The van der Waals surface area contributed by atoms with Crippen molar-refractivity contribution in [3.63, 3.8) is 0 Å². The monoisotopic (exact) mass is 104 g/mol. The molecule has 0 aliphatic carbocycles. The second kappa shape index (κ2) is 17.3. The van der Waals surface area contributed by atoms with Gasteiger partial charge in [0, 0.05) is 0 Å². The summed E-state index contributed by atoms with van der Waals surface area (Å²) in [5.74, 6) is 0. The quantitative estimate of drug-likeness (QED) is 0.448. The Morgan fingerprint density at radius 1 is 1.43 bits per heavy atom. The van der Waals surface area contributed by atoms with Crippen LogP contribution in [0.25, 0.3) is 0 Å². The highest BCUT2D eigenvalue weighted by atomic mass is 19.1. The van der Waals surface area contributed by atoms with E-state index in [1.807, 2.05) is 13.8 Å². The van der Waals surface area contributed by atoms with Gasteiger partial charge in [0.15, 0.2) is 0 Å². The number of hydrogen-bond acceptors (Lipinski definition) is 0. The van der Waals surface area contributed by atoms with Crippen LogP contribution in [0, 0.1) is 0 Å². The smallest absolute Gasteiger partial charge is 0.108 e. The van der Waals surface area contributed by atoms with Gasteiger partial charge in [-0.05, 0) is 6.92 Å². The van der Waals surface area contributed by atoms with E-state index in [0.29, 0.717) is 0 Å². The average Bonchev–Trinajstić information content (AvgIpc) is 1.75. The minimum absolute atomic E-state index is 0.337. The Hall–Kier alpha value is -0.330. The molecule has 0 unspecified atom stereocenters. The van der Waals surface area contributed by atoms with E-state index < -0.39 is 0 Å². The maximum atomic E-state index is 10.9. The molecule has 0 spiro atoms. The minimum atomic E-state index is -0.337. The summed E-state index contributed by atoms with van der Waals surface area (Å²) in [6.07, 6.45) is 3.14. The first-order valence-electron chi connectivity index (χ1n) is 2.59. The first kappa shape index (κ1) is 9.83. The van der Waals surface area contributed by atoms with Crippen molar-refractivity contribution in [1.29, 1.82) is 0 Å². The Bertz CT molecular complexity index is 31.2. The number of halogens is 1. The van der Waals surface area contributed by atoms with Crippen LogP contribution in [0.1, 0.15) is 20.8 Å². The van der Waals surface area contributed by atoms with E-state index in [1.165, 1.54) is 6.08 Å². The maximum Gasteiger partial charge on any atom is 0.108 e. The molecule has 0 bridgehead atoms. The zero-order valence-corrected chi connectivity index (χ0v) is 5.24. The molecule has 0 aromatic heterocycles. The lowest BCUT2D eigenvalue weighted by atomic mass is 10.6. The lowest BCUT2D eigenvalue weighted by Gasteiger charge is -1.62. The molecule has 7 heavy (non-hydrogen) atoms. The molecule has 0 atom stereocenters. The molecule has 0 N–H and O–H groups in total. The van der Waals surface area contributed by atoms with Crippen molar-refractivity contribution in [2.75, 3.05) is 6.67 Å². The summed E-state index contributed by atoms with van der Waals surface area (Å²) in [5.41, 5.74) is 0. The molecule has 0 saturated heterocycles. The Balaban J connectivity index is 0. The molecule has 0 saturated carbocycles.